The molecule has 9 heteroatoms. The van der Waals surface area contributed by atoms with Crippen LogP contribution in [0.1, 0.15) is 41.9 Å². The number of hydrogen-bond donors (Lipinski definition) is 2. The van der Waals surface area contributed by atoms with Gasteiger partial charge in [-0.05, 0) is 42.0 Å². The fourth-order valence-corrected chi connectivity index (χ4v) is 8.61. The van der Waals surface area contributed by atoms with Gasteiger partial charge in [-0.15, -0.1) is 0 Å². The topological polar surface area (TPSA) is 138 Å². The van der Waals surface area contributed by atoms with Crippen molar-refractivity contribution in [2.45, 2.75) is 30.6 Å². The van der Waals surface area contributed by atoms with Gasteiger partial charge in [-0.1, -0.05) is 78.4 Å². The third-order valence-corrected chi connectivity index (χ3v) is 10.6. The monoisotopic (exact) mass is 631 g/mol. The van der Waals surface area contributed by atoms with Gasteiger partial charge in [0.05, 0.1) is 30.8 Å². The number of nitrogens with zero attached hydrogens (tertiary/aromatic N) is 1. The molecule has 1 heterocycles. The second-order valence-electron chi connectivity index (χ2n) is 12.7. The van der Waals surface area contributed by atoms with Crippen LogP contribution in [0.5, 0.6) is 11.5 Å². The highest BCUT2D eigenvalue weighted by Crippen LogP contribution is 2.64. The minimum Gasteiger partial charge on any atom is -0.508 e. The summed E-state index contributed by atoms with van der Waals surface area (Å²) in [7, 11) is 1.48. The van der Waals surface area contributed by atoms with Crippen LogP contribution in [-0.4, -0.2) is 58.1 Å². The maximum absolute atomic E-state index is 15.0. The lowest BCUT2D eigenvalue weighted by Gasteiger charge is -2.55. The molecule has 47 heavy (non-hydrogen) atoms. The van der Waals surface area contributed by atoms with Crippen LogP contribution in [0.4, 0.5) is 0 Å². The number of benzene rings is 3. The zero-order valence-corrected chi connectivity index (χ0v) is 25.7. The van der Waals surface area contributed by atoms with Crippen LogP contribution < -0.4 is 4.74 Å². The second-order valence-corrected chi connectivity index (χ2v) is 12.7. The number of carbonyl (C=O) groups excluding carboxylic acids is 4. The number of methoxy groups -OCH3 is 1. The molecule has 7 rings (SSSR count). The van der Waals surface area contributed by atoms with Crippen LogP contribution in [0.15, 0.2) is 96.6 Å². The van der Waals surface area contributed by atoms with Crippen molar-refractivity contribution in [2.75, 3.05) is 13.7 Å². The Labute approximate surface area is 271 Å². The Morgan fingerprint density at radius 2 is 1.64 bits per heavy atom. The Bertz CT molecular complexity index is 1880. The van der Waals surface area contributed by atoms with Gasteiger partial charge in [0.25, 0.3) is 0 Å². The lowest BCUT2D eigenvalue weighted by molar-refractivity contribution is -0.142. The summed E-state index contributed by atoms with van der Waals surface area (Å²) in [4.78, 5) is 69.8. The van der Waals surface area contributed by atoms with Gasteiger partial charge in [0.2, 0.25) is 11.8 Å². The predicted molar refractivity (Wildman–Crippen MR) is 170 cm³/mol. The third kappa shape index (κ3) is 4.55. The highest BCUT2D eigenvalue weighted by molar-refractivity contribution is 6.31. The number of carbonyl (C=O) groups is 5. The number of phenolic OH excluding ortho intramolecular Hbond substituents is 1. The number of aliphatic carboxylic acids is 1. The van der Waals surface area contributed by atoms with E-state index in [1.165, 1.54) is 19.3 Å². The summed E-state index contributed by atoms with van der Waals surface area (Å²) in [6.07, 6.45) is 3.29. The first kappa shape index (κ1) is 30.3. The van der Waals surface area contributed by atoms with E-state index in [1.807, 2.05) is 42.5 Å². The van der Waals surface area contributed by atoms with Gasteiger partial charge in [0, 0.05) is 35.6 Å². The van der Waals surface area contributed by atoms with E-state index in [2.05, 4.69) is 0 Å². The van der Waals surface area contributed by atoms with Gasteiger partial charge in [-0.2, -0.15) is 0 Å². The maximum Gasteiger partial charge on any atom is 0.305 e. The minimum absolute atomic E-state index is 0.121. The van der Waals surface area contributed by atoms with Gasteiger partial charge >= 0.3 is 5.97 Å². The quantitative estimate of drug-likeness (QED) is 0.283. The first-order chi connectivity index (χ1) is 22.7. The van der Waals surface area contributed by atoms with E-state index in [0.29, 0.717) is 28.0 Å². The molecular weight excluding hydrogens is 598 g/mol. The van der Waals surface area contributed by atoms with E-state index in [-0.39, 0.29) is 48.7 Å². The van der Waals surface area contributed by atoms with Crippen LogP contribution in [0, 0.1) is 23.7 Å². The summed E-state index contributed by atoms with van der Waals surface area (Å²) in [5.74, 6) is -6.21. The van der Waals surface area contributed by atoms with Crippen LogP contribution >= 0.6 is 0 Å². The molecule has 3 aliphatic carbocycles. The van der Waals surface area contributed by atoms with Crippen LogP contribution in [0.3, 0.4) is 0 Å². The molecule has 0 unspecified atom stereocenters. The lowest BCUT2D eigenvalue weighted by Crippen LogP contribution is -2.58. The number of likely N-dealkylation sites (tertiary alicyclic amines) is 1. The number of amides is 2. The molecule has 6 atom stereocenters. The molecule has 0 bridgehead atoms. The molecule has 1 saturated carbocycles. The van der Waals surface area contributed by atoms with E-state index in [4.69, 9.17) is 4.74 Å². The van der Waals surface area contributed by atoms with Gasteiger partial charge in [0.1, 0.15) is 11.5 Å². The SMILES string of the molecule is COc1ccc([C@H]2C3=CC[C@@H]4C(=O)N(CCC(=O)O)C(=O)[C@@H]4[C@@H]3C[C@H]3C(=O)C(c4ccccc4)=CC(=O)[C@@]23c2ccccc2)c(O)c1. The number of hydrogen-bond acceptors (Lipinski definition) is 7. The van der Waals surface area contributed by atoms with Gasteiger partial charge < -0.3 is 14.9 Å². The number of phenols is 1. The molecular formula is C38H33NO8. The van der Waals surface area contributed by atoms with Crippen LogP contribution in [0.2, 0.25) is 0 Å². The number of carboxylic acids is 1. The number of aromatic hydroxyl groups is 1. The number of Topliss-reactive ketones (excluding diaryl/α,β-unsaturated/α-hetero) is 1. The molecule has 238 valence electrons. The molecule has 4 aliphatic rings. The smallest absolute Gasteiger partial charge is 0.305 e. The van der Waals surface area contributed by atoms with Crippen molar-refractivity contribution in [1.29, 1.82) is 0 Å². The first-order valence-corrected chi connectivity index (χ1v) is 15.7. The average Bonchev–Trinajstić information content (AvgIpc) is 3.33. The number of allylic oxidation sites excluding steroid dienone is 4. The van der Waals surface area contributed by atoms with E-state index >= 15 is 0 Å². The van der Waals surface area contributed by atoms with Crippen LogP contribution in [0.25, 0.3) is 5.57 Å². The number of fused-ring (bicyclic) bond motifs is 4. The fourth-order valence-electron chi connectivity index (χ4n) is 8.61. The Morgan fingerprint density at radius 3 is 2.30 bits per heavy atom. The summed E-state index contributed by atoms with van der Waals surface area (Å²) >= 11 is 0. The number of ether oxygens (including phenoxy) is 1. The third-order valence-electron chi connectivity index (χ3n) is 10.6. The number of rotatable bonds is 7. The molecule has 1 aliphatic heterocycles. The highest BCUT2D eigenvalue weighted by atomic mass is 16.5. The van der Waals surface area contributed by atoms with Crippen molar-refractivity contribution in [1.82, 2.24) is 4.90 Å². The van der Waals surface area contributed by atoms with Crippen molar-refractivity contribution in [3.63, 3.8) is 0 Å². The Kier molecular flexibility index (Phi) is 7.42. The number of ketones is 2. The van der Waals surface area contributed by atoms with Gasteiger partial charge in [-0.3, -0.25) is 28.9 Å². The molecule has 2 N–H and O–H groups in total. The predicted octanol–water partition coefficient (Wildman–Crippen LogP) is 4.70. The number of carboxylic acid groups (broad SMARTS) is 1. The molecule has 3 aromatic carbocycles. The molecule has 2 fully saturated rings. The lowest BCUT2D eigenvalue weighted by atomic mass is 9.44. The van der Waals surface area contributed by atoms with Crippen molar-refractivity contribution in [3.8, 4) is 11.5 Å². The van der Waals surface area contributed by atoms with Crippen molar-refractivity contribution < 1.29 is 38.9 Å². The van der Waals surface area contributed by atoms with E-state index in [1.54, 1.807) is 36.4 Å². The van der Waals surface area contributed by atoms with Crippen LogP contribution in [-0.2, 0) is 29.4 Å². The molecule has 0 radical (unpaired) electrons. The highest BCUT2D eigenvalue weighted by Gasteiger charge is 2.66. The minimum atomic E-state index is -1.47. The maximum atomic E-state index is 15.0. The molecule has 0 aromatic heterocycles. The number of imide groups is 1. The fraction of sp³-hybridized carbons (Fsp3) is 0.289. The Morgan fingerprint density at radius 1 is 0.936 bits per heavy atom. The molecule has 1 saturated heterocycles. The summed E-state index contributed by atoms with van der Waals surface area (Å²) in [5.41, 5.74) is 1.15. The zero-order valence-electron chi connectivity index (χ0n) is 25.7. The van der Waals surface area contributed by atoms with Gasteiger partial charge in [-0.25, -0.2) is 0 Å². The summed E-state index contributed by atoms with van der Waals surface area (Å²) in [6, 6.07) is 23.0. The summed E-state index contributed by atoms with van der Waals surface area (Å²) in [6.45, 7) is -0.236. The van der Waals surface area contributed by atoms with E-state index in [9.17, 15) is 34.2 Å². The molecule has 3 aromatic rings. The Balaban J connectivity index is 1.47. The largest absolute Gasteiger partial charge is 0.508 e. The Hall–Kier alpha value is -5.31. The van der Waals surface area contributed by atoms with Crippen molar-refractivity contribution in [2.24, 2.45) is 23.7 Å². The zero-order chi connectivity index (χ0) is 33.0. The average molecular weight is 632 g/mol. The summed E-state index contributed by atoms with van der Waals surface area (Å²) < 4.78 is 5.36. The van der Waals surface area contributed by atoms with E-state index in [0.717, 1.165) is 4.90 Å². The normalized spacial score (nSPS) is 28.2. The second kappa shape index (κ2) is 11.5. The van der Waals surface area contributed by atoms with Gasteiger partial charge in [0.15, 0.2) is 11.6 Å². The first-order valence-electron chi connectivity index (χ1n) is 15.7. The molecule has 0 spiro atoms. The molecule has 9 nitrogen and oxygen atoms in total. The van der Waals surface area contributed by atoms with Crippen molar-refractivity contribution in [3.05, 3.63) is 113 Å². The summed E-state index contributed by atoms with van der Waals surface area (Å²) in [5, 5.41) is 20.8. The standard InChI is InChI=1S/C38H33NO8/c1-47-23-12-13-25(30(40)18-23)34-24-14-15-26-33(37(46)39(36(26)45)17-16-32(42)43)28(24)19-29-35(44)27(21-8-4-2-5-9-21)20-31(41)38(29,34)22-10-6-3-7-11-22/h2-14,18,20,26,28-29,33-34,40H,15-17,19H2,1H3,(H,42,43)/t26-,28+,29-,33-,34+,38-/m0/s1. The van der Waals surface area contributed by atoms with Crippen molar-refractivity contribution >= 4 is 34.9 Å². The molecule has 2 amide bonds. The van der Waals surface area contributed by atoms with E-state index < -0.39 is 52.8 Å².